The van der Waals surface area contributed by atoms with Crippen molar-refractivity contribution < 1.29 is 10.2 Å². The number of nitrogens with one attached hydrogen (secondary N) is 1. The Kier molecular flexibility index (Phi) is 5.20. The topological polar surface area (TPSA) is 65.4 Å². The number of nitrogens with zero attached hydrogens (tertiary/aromatic N) is 1. The van der Waals surface area contributed by atoms with Crippen LogP contribution in [0.3, 0.4) is 0 Å². The van der Waals surface area contributed by atoms with Crippen LogP contribution in [-0.4, -0.2) is 21.7 Å². The smallest absolute Gasteiger partial charge is 0.158 e. The van der Waals surface area contributed by atoms with Crippen LogP contribution in [0.25, 0.3) is 10.6 Å². The Morgan fingerprint density at radius 3 is 2.62 bits per heavy atom. The highest BCUT2D eigenvalue weighted by Gasteiger charge is 2.15. The van der Waals surface area contributed by atoms with E-state index in [4.69, 9.17) is 4.98 Å². The average Bonchev–Trinajstić information content (AvgIpc) is 2.86. The van der Waals surface area contributed by atoms with E-state index in [1.807, 2.05) is 0 Å². The first-order valence-corrected chi connectivity index (χ1v) is 8.07. The number of benzene rings is 1. The molecule has 114 valence electrons. The van der Waals surface area contributed by atoms with Crippen molar-refractivity contribution in [3.63, 3.8) is 0 Å². The maximum absolute atomic E-state index is 9.63. The van der Waals surface area contributed by atoms with Gasteiger partial charge in [-0.2, -0.15) is 0 Å². The molecular formula is C16H22N2O2S. The normalized spacial score (nSPS) is 11.2. The summed E-state index contributed by atoms with van der Waals surface area (Å²) in [7, 11) is 0. The minimum Gasteiger partial charge on any atom is -0.504 e. The van der Waals surface area contributed by atoms with E-state index in [0.29, 0.717) is 5.92 Å². The number of thiazole rings is 1. The first-order valence-electron chi connectivity index (χ1n) is 7.25. The van der Waals surface area contributed by atoms with Crippen LogP contribution in [0, 0.1) is 0 Å². The summed E-state index contributed by atoms with van der Waals surface area (Å²) in [6, 6.07) is 4.83. The number of aromatic hydroxyl groups is 2. The highest BCUT2D eigenvalue weighted by Crippen LogP contribution is 2.35. The highest BCUT2D eigenvalue weighted by molar-refractivity contribution is 7.15. The summed E-state index contributed by atoms with van der Waals surface area (Å²) in [4.78, 5) is 5.95. The van der Waals surface area contributed by atoms with Crippen LogP contribution in [0.4, 0.5) is 0 Å². The van der Waals surface area contributed by atoms with Gasteiger partial charge in [0.05, 0.1) is 5.69 Å². The van der Waals surface area contributed by atoms with Crippen molar-refractivity contribution >= 4 is 11.3 Å². The van der Waals surface area contributed by atoms with Gasteiger partial charge in [0.2, 0.25) is 0 Å². The molecule has 0 amide bonds. The fourth-order valence-electron chi connectivity index (χ4n) is 2.10. The Balaban J connectivity index is 2.31. The third-order valence-electron chi connectivity index (χ3n) is 3.21. The van der Waals surface area contributed by atoms with Crippen LogP contribution < -0.4 is 5.32 Å². The van der Waals surface area contributed by atoms with Gasteiger partial charge in [-0.05, 0) is 37.1 Å². The Bertz CT molecular complexity index is 608. The first kappa shape index (κ1) is 15.8. The maximum Gasteiger partial charge on any atom is 0.158 e. The Labute approximate surface area is 129 Å². The zero-order chi connectivity index (χ0) is 15.4. The lowest BCUT2D eigenvalue weighted by Gasteiger charge is -2.05. The summed E-state index contributed by atoms with van der Waals surface area (Å²) in [5.41, 5.74) is 1.94. The lowest BCUT2D eigenvalue weighted by molar-refractivity contribution is 0.404. The average molecular weight is 306 g/mol. The molecule has 0 aliphatic carbocycles. The molecule has 2 aromatic rings. The molecule has 1 aromatic carbocycles. The summed E-state index contributed by atoms with van der Waals surface area (Å²) in [5.74, 6) is 0.141. The number of phenolic OH excluding ortho intramolecular Hbond substituents is 2. The highest BCUT2D eigenvalue weighted by atomic mass is 32.1. The summed E-state index contributed by atoms with van der Waals surface area (Å²) < 4.78 is 0. The third kappa shape index (κ3) is 3.74. The molecule has 0 unspecified atom stereocenters. The van der Waals surface area contributed by atoms with Crippen molar-refractivity contribution in [2.45, 2.75) is 39.7 Å². The minimum atomic E-state index is -0.112. The second-order valence-electron chi connectivity index (χ2n) is 5.36. The molecule has 0 atom stereocenters. The molecule has 0 fully saturated rings. The lowest BCUT2D eigenvalue weighted by Crippen LogP contribution is -2.14. The number of hydrogen-bond donors (Lipinski definition) is 3. The molecule has 5 heteroatoms. The van der Waals surface area contributed by atoms with Gasteiger partial charge in [-0.3, -0.25) is 0 Å². The van der Waals surface area contributed by atoms with Crippen molar-refractivity contribution in [2.75, 3.05) is 6.54 Å². The van der Waals surface area contributed by atoms with Crippen LogP contribution in [0.1, 0.15) is 43.7 Å². The Morgan fingerprint density at radius 2 is 2.00 bits per heavy atom. The van der Waals surface area contributed by atoms with Crippen molar-refractivity contribution in [1.82, 2.24) is 10.3 Å². The Hall–Kier alpha value is -1.59. The predicted octanol–water partition coefficient (Wildman–Crippen LogP) is 3.84. The van der Waals surface area contributed by atoms with Gasteiger partial charge in [0.15, 0.2) is 11.5 Å². The van der Waals surface area contributed by atoms with Gasteiger partial charge < -0.3 is 15.5 Å². The van der Waals surface area contributed by atoms with Crippen LogP contribution in [0.5, 0.6) is 11.5 Å². The molecule has 21 heavy (non-hydrogen) atoms. The van der Waals surface area contributed by atoms with E-state index in [0.717, 1.165) is 35.8 Å². The number of phenols is 2. The number of hydrogen-bond acceptors (Lipinski definition) is 5. The fraction of sp³-hybridized carbons (Fsp3) is 0.438. The van der Waals surface area contributed by atoms with Gasteiger partial charge in [-0.25, -0.2) is 4.98 Å². The van der Waals surface area contributed by atoms with Crippen LogP contribution in [-0.2, 0) is 6.54 Å². The molecular weight excluding hydrogens is 284 g/mol. The zero-order valence-corrected chi connectivity index (χ0v) is 13.5. The standard InChI is InChI=1S/C16H22N2O2S/c1-4-7-17-9-14-15(10(2)3)18-16(21-14)11-5-6-12(19)13(20)8-11/h5-6,8,10,17,19-20H,4,7,9H2,1-3H3. The van der Waals surface area contributed by atoms with Crippen LogP contribution in [0.15, 0.2) is 18.2 Å². The number of aromatic nitrogens is 1. The van der Waals surface area contributed by atoms with E-state index in [1.54, 1.807) is 23.5 Å². The van der Waals surface area contributed by atoms with Gasteiger partial charge in [0, 0.05) is 17.0 Å². The van der Waals surface area contributed by atoms with E-state index >= 15 is 0 Å². The fourth-order valence-corrected chi connectivity index (χ4v) is 3.28. The maximum atomic E-state index is 9.63. The summed E-state index contributed by atoms with van der Waals surface area (Å²) >= 11 is 1.64. The van der Waals surface area contributed by atoms with Gasteiger partial charge in [0.25, 0.3) is 0 Å². The quantitative estimate of drug-likeness (QED) is 0.560. The minimum absolute atomic E-state index is 0.107. The van der Waals surface area contributed by atoms with Crippen molar-refractivity contribution in [1.29, 1.82) is 0 Å². The summed E-state index contributed by atoms with van der Waals surface area (Å²) in [6.07, 6.45) is 1.11. The Morgan fingerprint density at radius 1 is 1.24 bits per heavy atom. The predicted molar refractivity (Wildman–Crippen MR) is 87.0 cm³/mol. The molecule has 0 aliphatic rings. The second kappa shape index (κ2) is 6.91. The van der Waals surface area contributed by atoms with Gasteiger partial charge >= 0.3 is 0 Å². The molecule has 1 aromatic heterocycles. The SMILES string of the molecule is CCCNCc1sc(-c2ccc(O)c(O)c2)nc1C(C)C. The number of rotatable bonds is 6. The molecule has 1 heterocycles. The van der Waals surface area contributed by atoms with E-state index in [2.05, 4.69) is 26.1 Å². The molecule has 2 rings (SSSR count). The molecule has 0 radical (unpaired) electrons. The monoisotopic (exact) mass is 306 g/mol. The van der Waals surface area contributed by atoms with E-state index in [-0.39, 0.29) is 11.5 Å². The molecule has 0 saturated carbocycles. The summed E-state index contributed by atoms with van der Waals surface area (Å²) in [5, 5.41) is 23.3. The van der Waals surface area contributed by atoms with Crippen LogP contribution in [0.2, 0.25) is 0 Å². The lowest BCUT2D eigenvalue weighted by atomic mass is 10.1. The van der Waals surface area contributed by atoms with E-state index in [9.17, 15) is 10.2 Å². The van der Waals surface area contributed by atoms with Gasteiger partial charge in [-0.1, -0.05) is 20.8 Å². The third-order valence-corrected chi connectivity index (χ3v) is 4.33. The second-order valence-corrected chi connectivity index (χ2v) is 6.45. The van der Waals surface area contributed by atoms with Crippen molar-refractivity contribution in [3.8, 4) is 22.1 Å². The molecule has 3 N–H and O–H groups in total. The molecule has 4 nitrogen and oxygen atoms in total. The van der Waals surface area contributed by atoms with Crippen molar-refractivity contribution in [2.24, 2.45) is 0 Å². The molecule has 0 saturated heterocycles. The molecule has 0 spiro atoms. The van der Waals surface area contributed by atoms with Gasteiger partial charge in [-0.15, -0.1) is 11.3 Å². The summed E-state index contributed by atoms with van der Waals surface area (Å²) in [6.45, 7) is 8.23. The zero-order valence-electron chi connectivity index (χ0n) is 12.7. The van der Waals surface area contributed by atoms with Crippen LogP contribution >= 0.6 is 11.3 Å². The van der Waals surface area contributed by atoms with Gasteiger partial charge in [0.1, 0.15) is 5.01 Å². The van der Waals surface area contributed by atoms with E-state index < -0.39 is 0 Å². The largest absolute Gasteiger partial charge is 0.504 e. The first-order chi connectivity index (χ1) is 10.0. The van der Waals surface area contributed by atoms with Crippen molar-refractivity contribution in [3.05, 3.63) is 28.8 Å². The van der Waals surface area contributed by atoms with E-state index in [1.165, 1.54) is 10.9 Å². The molecule has 0 bridgehead atoms. The molecule has 0 aliphatic heterocycles.